The van der Waals surface area contributed by atoms with Gasteiger partial charge in [-0.1, -0.05) is 0 Å². The number of nitrogens with one attached hydrogen (secondary N) is 2. The first-order valence-electron chi connectivity index (χ1n) is 5.59. The lowest BCUT2D eigenvalue weighted by atomic mass is 10.2. The SMILES string of the molecule is N#CCCNC(=O)CNc1cc(C(F)(F)F)ccc1Br. The van der Waals surface area contributed by atoms with Crippen LogP contribution in [0.2, 0.25) is 0 Å². The van der Waals surface area contributed by atoms with Gasteiger partial charge in [-0.2, -0.15) is 18.4 Å². The number of carbonyl (C=O) groups is 1. The topological polar surface area (TPSA) is 64.9 Å². The Kier molecular flexibility index (Phi) is 5.82. The van der Waals surface area contributed by atoms with Gasteiger partial charge < -0.3 is 10.6 Å². The highest BCUT2D eigenvalue weighted by Crippen LogP contribution is 2.33. The maximum atomic E-state index is 12.6. The average Bonchev–Trinajstić information content (AvgIpc) is 2.36. The number of hydrogen-bond donors (Lipinski definition) is 2. The van der Waals surface area contributed by atoms with E-state index in [1.54, 1.807) is 0 Å². The molecule has 0 aromatic heterocycles. The minimum Gasteiger partial charge on any atom is -0.375 e. The van der Waals surface area contributed by atoms with Crippen LogP contribution in [0.25, 0.3) is 0 Å². The van der Waals surface area contributed by atoms with Crippen molar-refractivity contribution < 1.29 is 18.0 Å². The zero-order valence-electron chi connectivity index (χ0n) is 10.2. The molecular formula is C12H11BrF3N3O. The molecule has 1 rings (SSSR count). The van der Waals surface area contributed by atoms with Crippen LogP contribution in [0.4, 0.5) is 18.9 Å². The van der Waals surface area contributed by atoms with Crippen LogP contribution in [0.1, 0.15) is 12.0 Å². The summed E-state index contributed by atoms with van der Waals surface area (Å²) in [6.07, 6.45) is -4.26. The Bertz CT molecular complexity index is 526. The van der Waals surface area contributed by atoms with E-state index < -0.39 is 17.6 Å². The van der Waals surface area contributed by atoms with Crippen molar-refractivity contribution in [3.8, 4) is 6.07 Å². The summed E-state index contributed by atoms with van der Waals surface area (Å²) >= 11 is 3.11. The largest absolute Gasteiger partial charge is 0.416 e. The lowest BCUT2D eigenvalue weighted by Gasteiger charge is -2.12. The number of carbonyl (C=O) groups excluding carboxylic acids is 1. The summed E-state index contributed by atoms with van der Waals surface area (Å²) < 4.78 is 38.1. The first-order valence-corrected chi connectivity index (χ1v) is 6.38. The van der Waals surface area contributed by atoms with E-state index in [4.69, 9.17) is 5.26 Å². The summed E-state index contributed by atoms with van der Waals surface area (Å²) in [7, 11) is 0. The number of alkyl halides is 3. The molecule has 0 spiro atoms. The normalized spacial score (nSPS) is 10.8. The van der Waals surface area contributed by atoms with E-state index in [9.17, 15) is 18.0 Å². The van der Waals surface area contributed by atoms with Crippen LogP contribution in [0.5, 0.6) is 0 Å². The number of halogens is 4. The molecule has 0 fully saturated rings. The summed E-state index contributed by atoms with van der Waals surface area (Å²) in [4.78, 5) is 11.4. The molecule has 0 unspecified atom stereocenters. The van der Waals surface area contributed by atoms with Gasteiger partial charge in [0.25, 0.3) is 0 Å². The molecule has 1 aromatic rings. The van der Waals surface area contributed by atoms with Crippen LogP contribution in [0, 0.1) is 11.3 Å². The van der Waals surface area contributed by atoms with Gasteiger partial charge in [-0.25, -0.2) is 0 Å². The van der Waals surface area contributed by atoms with Crippen molar-refractivity contribution in [3.05, 3.63) is 28.2 Å². The third-order valence-electron chi connectivity index (χ3n) is 2.29. The summed E-state index contributed by atoms with van der Waals surface area (Å²) in [6, 6.07) is 4.99. The van der Waals surface area contributed by atoms with Crippen molar-refractivity contribution in [2.45, 2.75) is 12.6 Å². The summed E-state index contributed by atoms with van der Waals surface area (Å²) in [5.41, 5.74) is -0.622. The Morgan fingerprint density at radius 1 is 1.40 bits per heavy atom. The van der Waals surface area contributed by atoms with Crippen molar-refractivity contribution in [1.29, 1.82) is 5.26 Å². The number of anilines is 1. The van der Waals surface area contributed by atoms with E-state index in [2.05, 4.69) is 26.6 Å². The second-order valence-corrected chi connectivity index (χ2v) is 4.66. The molecule has 20 heavy (non-hydrogen) atoms. The van der Waals surface area contributed by atoms with Gasteiger partial charge >= 0.3 is 6.18 Å². The number of hydrogen-bond acceptors (Lipinski definition) is 3. The molecule has 1 aromatic carbocycles. The third-order valence-corrected chi connectivity index (χ3v) is 2.98. The monoisotopic (exact) mass is 349 g/mol. The lowest BCUT2D eigenvalue weighted by molar-refractivity contribution is -0.137. The van der Waals surface area contributed by atoms with Gasteiger partial charge in [-0.3, -0.25) is 4.79 Å². The highest BCUT2D eigenvalue weighted by molar-refractivity contribution is 9.10. The van der Waals surface area contributed by atoms with E-state index in [1.165, 1.54) is 6.07 Å². The molecule has 4 nitrogen and oxygen atoms in total. The molecule has 2 N–H and O–H groups in total. The fraction of sp³-hybridized carbons (Fsp3) is 0.333. The van der Waals surface area contributed by atoms with Crippen LogP contribution in [-0.2, 0) is 11.0 Å². The van der Waals surface area contributed by atoms with Crippen molar-refractivity contribution in [2.24, 2.45) is 0 Å². The second-order valence-electron chi connectivity index (χ2n) is 3.80. The van der Waals surface area contributed by atoms with Crippen molar-refractivity contribution in [1.82, 2.24) is 5.32 Å². The minimum absolute atomic E-state index is 0.175. The van der Waals surface area contributed by atoms with E-state index >= 15 is 0 Å². The number of nitriles is 1. The van der Waals surface area contributed by atoms with Gasteiger partial charge in [0.15, 0.2) is 0 Å². The quantitative estimate of drug-likeness (QED) is 0.803. The first-order chi connectivity index (χ1) is 9.34. The molecule has 0 aliphatic carbocycles. The van der Waals surface area contributed by atoms with Crippen LogP contribution >= 0.6 is 15.9 Å². The molecule has 0 bridgehead atoms. The van der Waals surface area contributed by atoms with Gasteiger partial charge in [0, 0.05) is 16.7 Å². The number of nitrogens with zero attached hydrogens (tertiary/aromatic N) is 1. The van der Waals surface area contributed by atoms with E-state index in [1.807, 2.05) is 6.07 Å². The number of benzene rings is 1. The molecule has 0 heterocycles. The Balaban J connectivity index is 2.64. The minimum atomic E-state index is -4.44. The maximum absolute atomic E-state index is 12.6. The Labute approximate surface area is 122 Å². The highest BCUT2D eigenvalue weighted by atomic mass is 79.9. The Hall–Kier alpha value is -1.75. The predicted molar refractivity (Wildman–Crippen MR) is 70.9 cm³/mol. The van der Waals surface area contributed by atoms with Crippen LogP contribution in [0.15, 0.2) is 22.7 Å². The molecule has 1 amide bonds. The molecule has 0 aliphatic rings. The lowest BCUT2D eigenvalue weighted by Crippen LogP contribution is -2.30. The van der Waals surface area contributed by atoms with E-state index in [0.29, 0.717) is 4.47 Å². The Morgan fingerprint density at radius 3 is 2.70 bits per heavy atom. The molecular weight excluding hydrogens is 339 g/mol. The zero-order valence-corrected chi connectivity index (χ0v) is 11.8. The van der Waals surface area contributed by atoms with E-state index in [0.717, 1.165) is 12.1 Å². The fourth-order valence-corrected chi connectivity index (χ4v) is 1.72. The highest BCUT2D eigenvalue weighted by Gasteiger charge is 2.30. The molecule has 0 saturated carbocycles. The fourth-order valence-electron chi connectivity index (χ4n) is 1.33. The molecule has 0 radical (unpaired) electrons. The molecule has 0 atom stereocenters. The third kappa shape index (κ3) is 5.09. The second kappa shape index (κ2) is 7.14. The molecule has 108 valence electrons. The average molecular weight is 350 g/mol. The standard InChI is InChI=1S/C12H11BrF3N3O/c13-9-3-2-8(12(14,15)16)6-10(9)19-7-11(20)18-5-1-4-17/h2-3,6,19H,1,5,7H2,(H,18,20). The number of rotatable bonds is 5. The summed E-state index contributed by atoms with van der Waals surface area (Å²) in [5, 5.41) is 13.4. The molecule has 8 heteroatoms. The smallest absolute Gasteiger partial charge is 0.375 e. The van der Waals surface area contributed by atoms with Crippen molar-refractivity contribution >= 4 is 27.5 Å². The van der Waals surface area contributed by atoms with Gasteiger partial charge in [0.1, 0.15) is 0 Å². The Morgan fingerprint density at radius 2 is 2.10 bits per heavy atom. The summed E-state index contributed by atoms with van der Waals surface area (Å²) in [5.74, 6) is -0.399. The first kappa shape index (κ1) is 16.3. The van der Waals surface area contributed by atoms with Crippen molar-refractivity contribution in [3.63, 3.8) is 0 Å². The summed E-state index contributed by atoms with van der Waals surface area (Å²) in [6.45, 7) is 0.0338. The van der Waals surface area contributed by atoms with Crippen LogP contribution < -0.4 is 10.6 Å². The van der Waals surface area contributed by atoms with Gasteiger partial charge in [-0.05, 0) is 34.1 Å². The van der Waals surface area contributed by atoms with Crippen LogP contribution in [0.3, 0.4) is 0 Å². The maximum Gasteiger partial charge on any atom is 0.416 e. The predicted octanol–water partition coefficient (Wildman–Crippen LogP) is 2.91. The van der Waals surface area contributed by atoms with E-state index in [-0.39, 0.29) is 25.2 Å². The van der Waals surface area contributed by atoms with Crippen molar-refractivity contribution in [2.75, 3.05) is 18.4 Å². The van der Waals surface area contributed by atoms with Gasteiger partial charge in [-0.15, -0.1) is 0 Å². The zero-order chi connectivity index (χ0) is 15.2. The number of amides is 1. The van der Waals surface area contributed by atoms with Crippen LogP contribution in [-0.4, -0.2) is 19.0 Å². The molecule has 0 saturated heterocycles. The van der Waals surface area contributed by atoms with Gasteiger partial charge in [0.05, 0.1) is 24.6 Å². The molecule has 0 aliphatic heterocycles. The van der Waals surface area contributed by atoms with Gasteiger partial charge in [0.2, 0.25) is 5.91 Å².